The van der Waals surface area contributed by atoms with E-state index >= 15 is 0 Å². The zero-order chi connectivity index (χ0) is 32.0. The van der Waals surface area contributed by atoms with Crippen LogP contribution in [0.3, 0.4) is 0 Å². The van der Waals surface area contributed by atoms with Crippen molar-refractivity contribution in [3.05, 3.63) is 98.0 Å². The highest BCUT2D eigenvalue weighted by molar-refractivity contribution is 8.00. The van der Waals surface area contributed by atoms with Crippen LogP contribution in [0.2, 0.25) is 0 Å². The molecule has 14 heteroatoms. The van der Waals surface area contributed by atoms with Gasteiger partial charge in [0.15, 0.2) is 18.1 Å². The Labute approximate surface area is 262 Å². The van der Waals surface area contributed by atoms with Gasteiger partial charge in [-0.15, -0.1) is 0 Å². The number of thiazole rings is 1. The van der Waals surface area contributed by atoms with Gasteiger partial charge >= 0.3 is 11.0 Å². The van der Waals surface area contributed by atoms with Crippen LogP contribution in [0.15, 0.2) is 76.6 Å². The lowest BCUT2D eigenvalue weighted by Crippen LogP contribution is -2.32. The molecular formula is C31H24F3N3O6S2. The van der Waals surface area contributed by atoms with Crippen LogP contribution in [0.5, 0.6) is 11.5 Å². The van der Waals surface area contributed by atoms with Crippen molar-refractivity contribution >= 4 is 52.2 Å². The number of methoxy groups -OCH3 is 1. The highest BCUT2D eigenvalue weighted by atomic mass is 32.2. The third kappa shape index (κ3) is 5.82. The Hall–Kier alpha value is -4.56. The van der Waals surface area contributed by atoms with E-state index in [2.05, 4.69) is 10.3 Å². The summed E-state index contributed by atoms with van der Waals surface area (Å²) in [6.45, 7) is 1.37. The van der Waals surface area contributed by atoms with Gasteiger partial charge < -0.3 is 19.8 Å². The van der Waals surface area contributed by atoms with Crippen LogP contribution in [0.4, 0.5) is 24.5 Å². The average Bonchev–Trinajstić information content (AvgIpc) is 3.50. The second-order valence-corrected chi connectivity index (χ2v) is 12.6. The van der Waals surface area contributed by atoms with Gasteiger partial charge in [0, 0.05) is 16.5 Å². The summed E-state index contributed by atoms with van der Waals surface area (Å²) in [5.74, 6) is -2.54. The number of H-pyrrole nitrogens is 1. The van der Waals surface area contributed by atoms with Crippen LogP contribution in [0.1, 0.15) is 27.5 Å². The highest BCUT2D eigenvalue weighted by Crippen LogP contribution is 2.53. The van der Waals surface area contributed by atoms with E-state index in [1.54, 1.807) is 24.3 Å². The predicted octanol–water partition coefficient (Wildman–Crippen LogP) is 5.59. The lowest BCUT2D eigenvalue weighted by molar-refractivity contribution is -0.137. The molecule has 1 aromatic heterocycles. The van der Waals surface area contributed by atoms with E-state index in [9.17, 15) is 32.3 Å². The van der Waals surface area contributed by atoms with E-state index in [0.29, 0.717) is 21.2 Å². The molecule has 2 N–H and O–H groups in total. The normalized spacial score (nSPS) is 19.2. The van der Waals surface area contributed by atoms with Crippen LogP contribution in [-0.4, -0.2) is 41.7 Å². The first-order chi connectivity index (χ1) is 21.4. The number of aryl methyl sites for hydroxylation is 1. The minimum Gasteiger partial charge on any atom is -0.493 e. The largest absolute Gasteiger partial charge is 0.493 e. The Morgan fingerprint density at radius 2 is 1.76 bits per heavy atom. The van der Waals surface area contributed by atoms with E-state index < -0.39 is 41.3 Å². The van der Waals surface area contributed by atoms with E-state index in [1.807, 2.05) is 19.1 Å². The first kappa shape index (κ1) is 30.5. The summed E-state index contributed by atoms with van der Waals surface area (Å²) < 4.78 is 50.2. The topological polar surface area (TPSA) is 118 Å². The smallest absolute Gasteiger partial charge is 0.416 e. The summed E-state index contributed by atoms with van der Waals surface area (Å²) in [5, 5.41) is 2.13. The lowest BCUT2D eigenvalue weighted by Gasteiger charge is -2.30. The number of aromatic amines is 1. The number of halogens is 3. The van der Waals surface area contributed by atoms with Crippen LogP contribution >= 0.6 is 23.1 Å². The number of imide groups is 1. The van der Waals surface area contributed by atoms with Gasteiger partial charge in [-0.05, 0) is 55.0 Å². The predicted molar refractivity (Wildman–Crippen MR) is 162 cm³/mol. The standard InChI is InChI=1S/C31H24F3N3O6S2/c1-15-6-9-19(10-7-15)37-28(39)24-23(25-27(36-30(41)45-25)44-26(24)29(37)40)16-8-11-20(21(12-16)42-2)43-14-22(38)35-18-5-3-4-17(13-18)31(32,33)34/h3-13,23-24,26H,14H2,1-2H3,(H,35,38)(H,36,41)/t23-,24-,26+/m0/s1. The number of fused-ring (bicyclic) bond motifs is 2. The van der Waals surface area contributed by atoms with E-state index in [1.165, 1.54) is 42.0 Å². The molecule has 1 saturated heterocycles. The number of ether oxygens (including phenoxy) is 2. The Balaban J connectivity index is 1.26. The molecule has 0 spiro atoms. The van der Waals surface area contributed by atoms with Crippen molar-refractivity contribution in [2.75, 3.05) is 23.9 Å². The maximum Gasteiger partial charge on any atom is 0.416 e. The first-order valence-electron chi connectivity index (χ1n) is 13.6. The maximum atomic E-state index is 13.9. The van der Waals surface area contributed by atoms with Gasteiger partial charge in [0.25, 0.3) is 5.91 Å². The summed E-state index contributed by atoms with van der Waals surface area (Å²) in [7, 11) is 1.39. The van der Waals surface area contributed by atoms with Gasteiger partial charge in [0.1, 0.15) is 5.25 Å². The number of nitrogens with zero attached hydrogens (tertiary/aromatic N) is 1. The summed E-state index contributed by atoms with van der Waals surface area (Å²) in [6.07, 6.45) is -4.56. The van der Waals surface area contributed by atoms with Crippen molar-refractivity contribution in [1.29, 1.82) is 0 Å². The van der Waals surface area contributed by atoms with E-state index in [0.717, 1.165) is 29.0 Å². The molecular weight excluding hydrogens is 631 g/mol. The second kappa shape index (κ2) is 11.7. The number of hydrogen-bond donors (Lipinski definition) is 2. The van der Waals surface area contributed by atoms with Crippen LogP contribution in [0, 0.1) is 12.8 Å². The van der Waals surface area contributed by atoms with E-state index in [-0.39, 0.29) is 33.9 Å². The Bertz CT molecular complexity index is 1870. The number of carbonyl (C=O) groups excluding carboxylic acids is 3. The van der Waals surface area contributed by atoms with Gasteiger partial charge in [-0.2, -0.15) is 13.2 Å². The molecule has 0 radical (unpaired) electrons. The molecule has 0 unspecified atom stereocenters. The fourth-order valence-electron chi connectivity index (χ4n) is 5.43. The quantitative estimate of drug-likeness (QED) is 0.250. The number of alkyl halides is 3. The van der Waals surface area contributed by atoms with Crippen LogP contribution in [-0.2, 0) is 20.6 Å². The summed E-state index contributed by atoms with van der Waals surface area (Å²) >= 11 is 2.14. The molecule has 2 aliphatic heterocycles. The number of hydrogen-bond acceptors (Lipinski definition) is 8. The summed E-state index contributed by atoms with van der Waals surface area (Å²) in [5.41, 5.74) is 1.09. The van der Waals surface area contributed by atoms with Crippen molar-refractivity contribution in [3.63, 3.8) is 0 Å². The summed E-state index contributed by atoms with van der Waals surface area (Å²) in [4.78, 5) is 56.7. The maximum absolute atomic E-state index is 13.9. The average molecular weight is 656 g/mol. The molecule has 3 amide bonds. The number of amides is 3. The molecule has 232 valence electrons. The number of anilines is 2. The minimum absolute atomic E-state index is 0.0396. The third-order valence-electron chi connectivity index (χ3n) is 7.50. The zero-order valence-electron chi connectivity index (χ0n) is 23.6. The van der Waals surface area contributed by atoms with Gasteiger partial charge in [0.2, 0.25) is 11.8 Å². The SMILES string of the molecule is COc1cc([C@@H]2c3sc(=O)[nH]c3S[C@H]3C(=O)N(c4ccc(C)cc4)C(=O)[C@@H]23)ccc1OCC(=O)Nc1cccc(C(F)(F)F)c1. The molecule has 1 fully saturated rings. The number of benzene rings is 3. The molecule has 0 saturated carbocycles. The Morgan fingerprint density at radius 1 is 1.00 bits per heavy atom. The molecule has 9 nitrogen and oxygen atoms in total. The summed E-state index contributed by atoms with van der Waals surface area (Å²) in [6, 6.07) is 16.1. The fraction of sp³-hybridized carbons (Fsp3) is 0.226. The van der Waals surface area contributed by atoms with Crippen LogP contribution in [0.25, 0.3) is 0 Å². The molecule has 0 aliphatic carbocycles. The third-order valence-corrected chi connectivity index (χ3v) is 9.90. The molecule has 2 aliphatic rings. The Kier molecular flexibility index (Phi) is 7.95. The second-order valence-electron chi connectivity index (χ2n) is 10.4. The van der Waals surface area contributed by atoms with Crippen molar-refractivity contribution in [2.45, 2.75) is 29.3 Å². The fourth-order valence-corrected chi connectivity index (χ4v) is 7.95. The van der Waals surface area contributed by atoms with Crippen molar-refractivity contribution in [1.82, 2.24) is 4.98 Å². The molecule has 4 aromatic rings. The Morgan fingerprint density at radius 3 is 2.47 bits per heavy atom. The number of carbonyl (C=O) groups is 3. The molecule has 6 rings (SSSR count). The van der Waals surface area contributed by atoms with Crippen molar-refractivity contribution < 1.29 is 37.0 Å². The lowest BCUT2D eigenvalue weighted by atomic mass is 9.83. The number of nitrogens with one attached hydrogen (secondary N) is 2. The van der Waals surface area contributed by atoms with Gasteiger partial charge in [-0.1, -0.05) is 52.9 Å². The van der Waals surface area contributed by atoms with E-state index in [4.69, 9.17) is 9.47 Å². The van der Waals surface area contributed by atoms with Gasteiger partial charge in [0.05, 0.1) is 29.3 Å². The van der Waals surface area contributed by atoms with Crippen LogP contribution < -0.4 is 24.6 Å². The minimum atomic E-state index is -4.56. The first-order valence-corrected chi connectivity index (χ1v) is 15.3. The van der Waals surface area contributed by atoms with Crippen molar-refractivity contribution in [3.8, 4) is 11.5 Å². The molecule has 3 aromatic carbocycles. The van der Waals surface area contributed by atoms with Crippen molar-refractivity contribution in [2.24, 2.45) is 5.92 Å². The van der Waals surface area contributed by atoms with Gasteiger partial charge in [-0.25, -0.2) is 4.90 Å². The molecule has 3 atom stereocenters. The number of rotatable bonds is 7. The zero-order valence-corrected chi connectivity index (χ0v) is 25.3. The molecule has 45 heavy (non-hydrogen) atoms. The monoisotopic (exact) mass is 655 g/mol. The number of thioether (sulfide) groups is 1. The van der Waals surface area contributed by atoms with Gasteiger partial charge in [-0.3, -0.25) is 19.2 Å². The highest BCUT2D eigenvalue weighted by Gasteiger charge is 2.56. The number of aromatic nitrogens is 1. The molecule has 3 heterocycles. The molecule has 0 bridgehead atoms.